The minimum Gasteiger partial charge on any atom is -0.0955 e. The molecule has 0 bridgehead atoms. The molecule has 0 nitrogen and oxygen atoms in total. The summed E-state index contributed by atoms with van der Waals surface area (Å²) in [5.74, 6) is 0.421. The minimum atomic E-state index is 0.421. The van der Waals surface area contributed by atoms with E-state index >= 15 is 0 Å². The van der Waals surface area contributed by atoms with Crippen LogP contribution in [0.5, 0.6) is 0 Å². The van der Waals surface area contributed by atoms with E-state index in [-0.39, 0.29) is 0 Å². The Morgan fingerprint density at radius 3 is 2.28 bits per heavy atom. The molecule has 2 aromatic carbocycles. The predicted molar refractivity (Wildman–Crippen MR) is 79.8 cm³/mol. The van der Waals surface area contributed by atoms with Crippen molar-refractivity contribution in [2.24, 2.45) is 0 Å². The Balaban J connectivity index is 2.33. The van der Waals surface area contributed by atoms with Crippen molar-refractivity contribution in [3.63, 3.8) is 0 Å². The average Bonchev–Trinajstić information content (AvgIpc) is 2.39. The molecule has 0 spiro atoms. The van der Waals surface area contributed by atoms with Gasteiger partial charge in [-0.25, -0.2) is 0 Å². The highest BCUT2D eigenvalue weighted by molar-refractivity contribution is 5.62. The first kappa shape index (κ1) is 12.6. The molecule has 2 rings (SSSR count). The molecule has 1 unspecified atom stereocenters. The van der Waals surface area contributed by atoms with Crippen LogP contribution in [0.4, 0.5) is 0 Å². The lowest BCUT2D eigenvalue weighted by atomic mass is 9.91. The third-order valence-electron chi connectivity index (χ3n) is 3.46. The van der Waals surface area contributed by atoms with Crippen LogP contribution in [0, 0.1) is 6.92 Å². The number of hydrogen-bond donors (Lipinski definition) is 0. The largest absolute Gasteiger partial charge is 0.0955 e. The lowest BCUT2D eigenvalue weighted by molar-refractivity contribution is 0.920. The van der Waals surface area contributed by atoms with E-state index in [0.29, 0.717) is 5.92 Å². The third kappa shape index (κ3) is 2.70. The Labute approximate surface area is 110 Å². The first-order valence-electron chi connectivity index (χ1n) is 6.40. The number of hydrogen-bond acceptors (Lipinski definition) is 0. The van der Waals surface area contributed by atoms with E-state index in [1.54, 1.807) is 0 Å². The zero-order valence-electron chi connectivity index (χ0n) is 11.4. The van der Waals surface area contributed by atoms with Gasteiger partial charge < -0.3 is 0 Å². The summed E-state index contributed by atoms with van der Waals surface area (Å²) in [7, 11) is 0. The van der Waals surface area contributed by atoms with Crippen molar-refractivity contribution in [1.29, 1.82) is 0 Å². The Morgan fingerprint density at radius 2 is 1.67 bits per heavy atom. The fourth-order valence-corrected chi connectivity index (χ4v) is 2.12. The summed E-state index contributed by atoms with van der Waals surface area (Å²) in [6, 6.07) is 17.4. The van der Waals surface area contributed by atoms with Crippen LogP contribution in [0.1, 0.15) is 42.0 Å². The maximum atomic E-state index is 4.01. The fourth-order valence-electron chi connectivity index (χ4n) is 2.12. The second kappa shape index (κ2) is 5.22. The lowest BCUT2D eigenvalue weighted by Gasteiger charge is -2.14. The maximum absolute atomic E-state index is 4.01. The maximum Gasteiger partial charge on any atom is 0.00612 e. The first-order chi connectivity index (χ1) is 8.58. The van der Waals surface area contributed by atoms with Crippen molar-refractivity contribution < 1.29 is 0 Å². The number of rotatable bonds is 3. The predicted octanol–water partition coefficient (Wildman–Crippen LogP) is 5.18. The summed E-state index contributed by atoms with van der Waals surface area (Å²) in [6.07, 6.45) is 0. The monoisotopic (exact) mass is 236 g/mol. The van der Waals surface area contributed by atoms with E-state index in [9.17, 15) is 0 Å². The smallest absolute Gasteiger partial charge is 0.00612 e. The molecule has 0 fully saturated rings. The van der Waals surface area contributed by atoms with E-state index in [2.05, 4.69) is 75.9 Å². The summed E-state index contributed by atoms with van der Waals surface area (Å²) in [4.78, 5) is 0. The van der Waals surface area contributed by atoms with Gasteiger partial charge in [-0.1, -0.05) is 73.2 Å². The Morgan fingerprint density at radius 1 is 1.00 bits per heavy atom. The van der Waals surface area contributed by atoms with Gasteiger partial charge in [-0.3, -0.25) is 0 Å². The normalized spacial score (nSPS) is 12.2. The van der Waals surface area contributed by atoms with Gasteiger partial charge in [0.25, 0.3) is 0 Å². The zero-order valence-corrected chi connectivity index (χ0v) is 11.4. The molecule has 0 saturated carbocycles. The molecule has 0 heteroatoms. The molecule has 0 heterocycles. The highest BCUT2D eigenvalue weighted by Gasteiger charge is 2.08. The highest BCUT2D eigenvalue weighted by atomic mass is 14.1. The molecular formula is C18H20. The molecule has 0 N–H and O–H groups in total. The van der Waals surface area contributed by atoms with Gasteiger partial charge in [0.15, 0.2) is 0 Å². The molecular weight excluding hydrogens is 216 g/mol. The quantitative estimate of drug-likeness (QED) is 0.688. The second-order valence-corrected chi connectivity index (χ2v) is 5.04. The van der Waals surface area contributed by atoms with Crippen LogP contribution < -0.4 is 0 Å². The van der Waals surface area contributed by atoms with Gasteiger partial charge in [-0.15, -0.1) is 0 Å². The molecule has 0 saturated heterocycles. The molecule has 1 atom stereocenters. The number of benzene rings is 2. The lowest BCUT2D eigenvalue weighted by Crippen LogP contribution is -1.96. The Hall–Kier alpha value is -1.82. The zero-order chi connectivity index (χ0) is 13.1. The second-order valence-electron chi connectivity index (χ2n) is 5.04. The van der Waals surface area contributed by atoms with Crippen molar-refractivity contribution in [2.45, 2.75) is 26.7 Å². The molecule has 0 radical (unpaired) electrons. The van der Waals surface area contributed by atoms with Gasteiger partial charge in [0.2, 0.25) is 0 Å². The molecule has 92 valence electrons. The fraction of sp³-hybridized carbons (Fsp3) is 0.222. The highest BCUT2D eigenvalue weighted by Crippen LogP contribution is 2.26. The van der Waals surface area contributed by atoms with Crippen LogP contribution in [-0.2, 0) is 0 Å². The van der Waals surface area contributed by atoms with Crippen LogP contribution >= 0.6 is 0 Å². The Bertz CT molecular complexity index is 547. The van der Waals surface area contributed by atoms with Crippen LogP contribution in [0.15, 0.2) is 55.1 Å². The first-order valence-corrected chi connectivity index (χ1v) is 6.40. The minimum absolute atomic E-state index is 0.421. The van der Waals surface area contributed by atoms with Crippen LogP contribution in [-0.4, -0.2) is 0 Å². The van der Waals surface area contributed by atoms with E-state index in [0.717, 1.165) is 5.57 Å². The standard InChI is InChI=1S/C18H20/c1-13(2)17-6-5-7-18(12-17)15(4)16-10-8-14(3)9-11-16/h5-12,15H,1H2,2-4H3. The molecule has 18 heavy (non-hydrogen) atoms. The van der Waals surface area contributed by atoms with Crippen LogP contribution in [0.25, 0.3) is 5.57 Å². The third-order valence-corrected chi connectivity index (χ3v) is 3.46. The summed E-state index contributed by atoms with van der Waals surface area (Å²) < 4.78 is 0. The Kier molecular flexibility index (Phi) is 3.66. The van der Waals surface area contributed by atoms with Crippen molar-refractivity contribution in [3.8, 4) is 0 Å². The van der Waals surface area contributed by atoms with Gasteiger partial charge in [0, 0.05) is 5.92 Å². The molecule has 0 aliphatic carbocycles. The summed E-state index contributed by atoms with van der Waals surface area (Å²) in [5, 5.41) is 0. The van der Waals surface area contributed by atoms with Crippen molar-refractivity contribution in [2.75, 3.05) is 0 Å². The van der Waals surface area contributed by atoms with E-state index in [1.807, 2.05) is 0 Å². The summed E-state index contributed by atoms with van der Waals surface area (Å²) in [6.45, 7) is 10.4. The summed E-state index contributed by atoms with van der Waals surface area (Å²) >= 11 is 0. The van der Waals surface area contributed by atoms with Gasteiger partial charge in [0.1, 0.15) is 0 Å². The van der Waals surface area contributed by atoms with Crippen molar-refractivity contribution in [1.82, 2.24) is 0 Å². The topological polar surface area (TPSA) is 0 Å². The molecule has 0 aromatic heterocycles. The van der Waals surface area contributed by atoms with Crippen molar-refractivity contribution >= 4 is 5.57 Å². The SMILES string of the molecule is C=C(C)c1cccc(C(C)c2ccc(C)cc2)c1. The molecule has 0 amide bonds. The van der Waals surface area contributed by atoms with Crippen LogP contribution in [0.3, 0.4) is 0 Å². The number of allylic oxidation sites excluding steroid dienone is 1. The van der Waals surface area contributed by atoms with Gasteiger partial charge in [-0.2, -0.15) is 0 Å². The van der Waals surface area contributed by atoms with E-state index in [1.165, 1.54) is 22.3 Å². The van der Waals surface area contributed by atoms with Gasteiger partial charge in [-0.05, 0) is 30.5 Å². The molecule has 0 aliphatic rings. The van der Waals surface area contributed by atoms with Crippen LogP contribution in [0.2, 0.25) is 0 Å². The summed E-state index contributed by atoms with van der Waals surface area (Å²) in [5.41, 5.74) is 6.36. The molecule has 0 aliphatic heterocycles. The van der Waals surface area contributed by atoms with Gasteiger partial charge >= 0.3 is 0 Å². The molecule has 2 aromatic rings. The van der Waals surface area contributed by atoms with E-state index < -0.39 is 0 Å². The van der Waals surface area contributed by atoms with Gasteiger partial charge in [0.05, 0.1) is 0 Å². The van der Waals surface area contributed by atoms with E-state index in [4.69, 9.17) is 0 Å². The average molecular weight is 236 g/mol. The number of aryl methyl sites for hydroxylation is 1. The van der Waals surface area contributed by atoms with Crippen molar-refractivity contribution in [3.05, 3.63) is 77.4 Å².